The topological polar surface area (TPSA) is 92.5 Å². The second-order valence-corrected chi connectivity index (χ2v) is 8.18. The summed E-state index contributed by atoms with van der Waals surface area (Å²) in [4.78, 5) is 16.1. The highest BCUT2D eigenvalue weighted by molar-refractivity contribution is 9.10. The lowest BCUT2D eigenvalue weighted by Gasteiger charge is -2.11. The lowest BCUT2D eigenvalue weighted by atomic mass is 10.2. The molecule has 0 spiro atoms. The predicted octanol–water partition coefficient (Wildman–Crippen LogP) is 3.28. The summed E-state index contributed by atoms with van der Waals surface area (Å²) in [5, 5.41) is 9.56. The minimum absolute atomic E-state index is 0.0270. The number of fused-ring (bicyclic) bond motifs is 1. The second kappa shape index (κ2) is 6.69. The van der Waals surface area contributed by atoms with E-state index in [-0.39, 0.29) is 17.1 Å². The van der Waals surface area contributed by atoms with Crippen LogP contribution in [0, 0.1) is 5.82 Å². The fourth-order valence-electron chi connectivity index (χ4n) is 2.49. The lowest BCUT2D eigenvalue weighted by molar-refractivity contribution is 0.154. The summed E-state index contributed by atoms with van der Waals surface area (Å²) in [7, 11) is -2.74. The SMILES string of the molecule is CN(Cc1cn(S(=O)(=O)c2cccc(F)c2)c2nc(Br)ccc12)C(=O)O. The van der Waals surface area contributed by atoms with Crippen molar-refractivity contribution in [2.45, 2.75) is 11.4 Å². The molecule has 1 amide bonds. The van der Waals surface area contributed by atoms with Gasteiger partial charge in [0, 0.05) is 24.2 Å². The fourth-order valence-corrected chi connectivity index (χ4v) is 4.16. The average molecular weight is 442 g/mol. The molecule has 26 heavy (non-hydrogen) atoms. The minimum atomic E-state index is -4.11. The standard InChI is InChI=1S/C16H13BrFN3O4S/c1-20(16(22)23)8-10-9-21(15-13(10)5-6-14(17)19-15)26(24,25)12-4-2-3-11(18)7-12/h2-7,9H,8H2,1H3,(H,22,23). The first-order valence-corrected chi connectivity index (χ1v) is 9.55. The summed E-state index contributed by atoms with van der Waals surface area (Å²) < 4.78 is 40.8. The maximum absolute atomic E-state index is 13.5. The number of benzene rings is 1. The first-order chi connectivity index (χ1) is 12.2. The van der Waals surface area contributed by atoms with Gasteiger partial charge in [0.2, 0.25) is 0 Å². The van der Waals surface area contributed by atoms with Crippen molar-refractivity contribution in [2.75, 3.05) is 7.05 Å². The largest absolute Gasteiger partial charge is 0.465 e. The van der Waals surface area contributed by atoms with Gasteiger partial charge in [0.05, 0.1) is 11.4 Å². The summed E-state index contributed by atoms with van der Waals surface area (Å²) in [6.45, 7) is -0.0270. The minimum Gasteiger partial charge on any atom is -0.465 e. The molecular weight excluding hydrogens is 429 g/mol. The molecule has 0 saturated carbocycles. The van der Waals surface area contributed by atoms with Gasteiger partial charge in [-0.3, -0.25) is 0 Å². The highest BCUT2D eigenvalue weighted by Gasteiger charge is 2.23. The molecule has 3 aromatic rings. The zero-order chi connectivity index (χ0) is 19.1. The Balaban J connectivity index is 2.22. The lowest BCUT2D eigenvalue weighted by Crippen LogP contribution is -2.23. The highest BCUT2D eigenvalue weighted by Crippen LogP contribution is 2.27. The van der Waals surface area contributed by atoms with Gasteiger partial charge in [-0.1, -0.05) is 6.07 Å². The Labute approximate surface area is 156 Å². The van der Waals surface area contributed by atoms with Gasteiger partial charge in [-0.25, -0.2) is 26.6 Å². The van der Waals surface area contributed by atoms with E-state index in [0.717, 1.165) is 21.0 Å². The van der Waals surface area contributed by atoms with Crippen LogP contribution in [-0.4, -0.2) is 40.5 Å². The van der Waals surface area contributed by atoms with Crippen LogP contribution in [0.25, 0.3) is 11.0 Å². The van der Waals surface area contributed by atoms with Crippen molar-refractivity contribution < 1.29 is 22.7 Å². The van der Waals surface area contributed by atoms with Gasteiger partial charge >= 0.3 is 6.09 Å². The van der Waals surface area contributed by atoms with Crippen LogP contribution < -0.4 is 0 Å². The van der Waals surface area contributed by atoms with Gasteiger partial charge in [0.1, 0.15) is 10.4 Å². The summed E-state index contributed by atoms with van der Waals surface area (Å²) in [6, 6.07) is 7.93. The number of hydrogen-bond acceptors (Lipinski definition) is 4. The third-order valence-electron chi connectivity index (χ3n) is 3.76. The highest BCUT2D eigenvalue weighted by atomic mass is 79.9. The molecule has 3 rings (SSSR count). The third-order valence-corrected chi connectivity index (χ3v) is 5.84. The van der Waals surface area contributed by atoms with E-state index < -0.39 is 21.9 Å². The van der Waals surface area contributed by atoms with Crippen molar-refractivity contribution in [3.05, 3.63) is 58.6 Å². The Morgan fingerprint density at radius 2 is 2.08 bits per heavy atom. The van der Waals surface area contributed by atoms with Crippen molar-refractivity contribution in [1.82, 2.24) is 13.9 Å². The number of halogens is 2. The van der Waals surface area contributed by atoms with E-state index in [4.69, 9.17) is 5.11 Å². The maximum atomic E-state index is 13.5. The zero-order valence-corrected chi connectivity index (χ0v) is 15.8. The van der Waals surface area contributed by atoms with Gasteiger partial charge < -0.3 is 10.0 Å². The summed E-state index contributed by atoms with van der Waals surface area (Å²) in [5.74, 6) is -0.678. The van der Waals surface area contributed by atoms with Crippen LogP contribution in [0.1, 0.15) is 5.56 Å². The zero-order valence-electron chi connectivity index (χ0n) is 13.4. The number of carboxylic acid groups (broad SMARTS) is 1. The molecule has 1 N–H and O–H groups in total. The molecule has 2 heterocycles. The number of aromatic nitrogens is 2. The number of rotatable bonds is 4. The maximum Gasteiger partial charge on any atom is 0.407 e. The molecule has 0 unspecified atom stereocenters. The number of carbonyl (C=O) groups is 1. The van der Waals surface area contributed by atoms with E-state index >= 15 is 0 Å². The molecule has 0 atom stereocenters. The van der Waals surface area contributed by atoms with Gasteiger partial charge in [0.15, 0.2) is 5.65 Å². The normalized spacial score (nSPS) is 11.7. The molecule has 0 aliphatic carbocycles. The second-order valence-electron chi connectivity index (χ2n) is 5.56. The quantitative estimate of drug-likeness (QED) is 0.627. The molecule has 136 valence electrons. The van der Waals surface area contributed by atoms with Crippen molar-refractivity contribution in [3.8, 4) is 0 Å². The molecular formula is C16H13BrFN3O4S. The third kappa shape index (κ3) is 3.29. The van der Waals surface area contributed by atoms with E-state index in [1.54, 1.807) is 12.1 Å². The molecule has 0 bridgehead atoms. The molecule has 0 aliphatic rings. The first-order valence-electron chi connectivity index (χ1n) is 7.32. The van der Waals surface area contributed by atoms with E-state index in [0.29, 0.717) is 15.6 Å². The van der Waals surface area contributed by atoms with Crippen LogP contribution in [0.2, 0.25) is 0 Å². The number of pyridine rings is 1. The molecule has 2 aromatic heterocycles. The van der Waals surface area contributed by atoms with Gasteiger partial charge in [-0.15, -0.1) is 0 Å². The number of hydrogen-bond donors (Lipinski definition) is 1. The van der Waals surface area contributed by atoms with Gasteiger partial charge in [0.25, 0.3) is 10.0 Å². The Kier molecular flexibility index (Phi) is 4.72. The van der Waals surface area contributed by atoms with Crippen LogP contribution in [0.15, 0.2) is 52.1 Å². The molecule has 1 aromatic carbocycles. The van der Waals surface area contributed by atoms with Crippen molar-refractivity contribution in [1.29, 1.82) is 0 Å². The monoisotopic (exact) mass is 441 g/mol. The summed E-state index contributed by atoms with van der Waals surface area (Å²) in [6.07, 6.45) is 0.160. The van der Waals surface area contributed by atoms with Crippen molar-refractivity contribution in [3.63, 3.8) is 0 Å². The van der Waals surface area contributed by atoms with Crippen LogP contribution in [0.3, 0.4) is 0 Å². The Hall–Kier alpha value is -2.46. The average Bonchev–Trinajstić information content (AvgIpc) is 2.93. The van der Waals surface area contributed by atoms with Crippen LogP contribution in [-0.2, 0) is 16.6 Å². The van der Waals surface area contributed by atoms with Gasteiger partial charge in [-0.2, -0.15) is 0 Å². The molecule has 0 fully saturated rings. The van der Waals surface area contributed by atoms with E-state index in [2.05, 4.69) is 20.9 Å². The Bertz CT molecular complexity index is 1110. The predicted molar refractivity (Wildman–Crippen MR) is 95.9 cm³/mol. The fraction of sp³-hybridized carbons (Fsp3) is 0.125. The van der Waals surface area contributed by atoms with Crippen LogP contribution in [0.5, 0.6) is 0 Å². The van der Waals surface area contributed by atoms with E-state index in [1.165, 1.54) is 25.4 Å². The molecule has 0 aliphatic heterocycles. The summed E-state index contributed by atoms with van der Waals surface area (Å²) >= 11 is 3.20. The van der Waals surface area contributed by atoms with Crippen molar-refractivity contribution in [2.24, 2.45) is 0 Å². The van der Waals surface area contributed by atoms with Gasteiger partial charge in [-0.05, 0) is 46.3 Å². The Morgan fingerprint density at radius 1 is 1.35 bits per heavy atom. The van der Waals surface area contributed by atoms with Crippen LogP contribution in [0.4, 0.5) is 9.18 Å². The van der Waals surface area contributed by atoms with E-state index in [1.807, 2.05) is 0 Å². The summed E-state index contributed by atoms with van der Waals surface area (Å²) in [5.41, 5.74) is 0.585. The molecule has 10 heteroatoms. The smallest absolute Gasteiger partial charge is 0.407 e. The number of amides is 1. The molecule has 0 saturated heterocycles. The molecule has 0 radical (unpaired) electrons. The first kappa shape index (κ1) is 18.3. The Morgan fingerprint density at radius 3 is 2.73 bits per heavy atom. The van der Waals surface area contributed by atoms with Crippen molar-refractivity contribution >= 4 is 43.1 Å². The molecule has 7 nitrogen and oxygen atoms in total. The van der Waals surface area contributed by atoms with Crippen LogP contribution >= 0.6 is 15.9 Å². The number of nitrogens with zero attached hydrogens (tertiary/aromatic N) is 3. The van der Waals surface area contributed by atoms with E-state index in [9.17, 15) is 17.6 Å².